The van der Waals surface area contributed by atoms with Crippen molar-refractivity contribution in [2.45, 2.75) is 59.6 Å². The van der Waals surface area contributed by atoms with Crippen molar-refractivity contribution in [2.75, 3.05) is 4.90 Å². The van der Waals surface area contributed by atoms with Crippen LogP contribution in [0.1, 0.15) is 58.8 Å². The van der Waals surface area contributed by atoms with Crippen LogP contribution in [0.3, 0.4) is 0 Å². The molecule has 0 aromatic heterocycles. The summed E-state index contributed by atoms with van der Waals surface area (Å²) in [5.41, 5.74) is -0.809. The second-order valence-corrected chi connectivity index (χ2v) is 7.85. The van der Waals surface area contributed by atoms with Crippen molar-refractivity contribution < 1.29 is 14.3 Å². The summed E-state index contributed by atoms with van der Waals surface area (Å²) >= 11 is 0. The molecule has 22 heavy (non-hydrogen) atoms. The van der Waals surface area contributed by atoms with Gasteiger partial charge in [0.1, 0.15) is 5.60 Å². The maximum atomic E-state index is 12.8. The second kappa shape index (κ2) is 4.83. The van der Waals surface area contributed by atoms with E-state index < -0.39 is 22.6 Å². The number of amides is 1. The number of hydrogen-bond donors (Lipinski definition) is 0. The predicted octanol–water partition coefficient (Wildman–Crippen LogP) is 4.43. The Morgan fingerprint density at radius 3 is 2.18 bits per heavy atom. The molecule has 1 aromatic rings. The van der Waals surface area contributed by atoms with E-state index in [4.69, 9.17) is 4.74 Å². The van der Waals surface area contributed by atoms with Crippen LogP contribution >= 0.6 is 0 Å². The van der Waals surface area contributed by atoms with E-state index >= 15 is 0 Å². The number of Topliss-reactive ketones (excluding diaryl/α,β-unsaturated/α-hetero) is 1. The van der Waals surface area contributed by atoms with Gasteiger partial charge < -0.3 is 4.74 Å². The second-order valence-electron chi connectivity index (χ2n) is 7.85. The Labute approximate surface area is 132 Å². The molecule has 0 bridgehead atoms. The van der Waals surface area contributed by atoms with Crippen LogP contribution in [0, 0.1) is 5.41 Å². The molecule has 0 spiro atoms. The number of ketones is 1. The van der Waals surface area contributed by atoms with E-state index in [0.29, 0.717) is 11.3 Å². The Bertz CT molecular complexity index is 623. The van der Waals surface area contributed by atoms with Crippen LogP contribution in [0.2, 0.25) is 0 Å². The first-order chi connectivity index (χ1) is 9.89. The van der Waals surface area contributed by atoms with E-state index in [2.05, 4.69) is 0 Å². The lowest BCUT2D eigenvalue weighted by Crippen LogP contribution is -2.63. The summed E-state index contributed by atoms with van der Waals surface area (Å²) in [5.74, 6) is 0.0490. The smallest absolute Gasteiger partial charge is 0.415 e. The quantitative estimate of drug-likeness (QED) is 0.712. The number of carbonyl (C=O) groups excluding carboxylic acids is 2. The minimum atomic E-state index is -0.710. The van der Waals surface area contributed by atoms with Crippen LogP contribution in [0.25, 0.3) is 0 Å². The fourth-order valence-electron chi connectivity index (χ4n) is 2.69. The molecule has 0 N–H and O–H groups in total. The third-order valence-corrected chi connectivity index (χ3v) is 4.62. The number of hydrogen-bond acceptors (Lipinski definition) is 3. The Hall–Kier alpha value is -1.84. The van der Waals surface area contributed by atoms with Gasteiger partial charge in [0.2, 0.25) is 0 Å². The Morgan fingerprint density at radius 2 is 1.64 bits per heavy atom. The molecule has 1 amide bonds. The number of fused-ring (bicyclic) bond motifs is 1. The zero-order valence-corrected chi connectivity index (χ0v) is 14.5. The number of carbonyl (C=O) groups is 2. The lowest BCUT2D eigenvalue weighted by molar-refractivity contribution is 0.0446. The van der Waals surface area contributed by atoms with E-state index in [9.17, 15) is 9.59 Å². The topological polar surface area (TPSA) is 46.6 Å². The molecule has 0 aliphatic carbocycles. The molecular formula is C18H25NO3. The van der Waals surface area contributed by atoms with Gasteiger partial charge in [-0.1, -0.05) is 26.0 Å². The average Bonchev–Trinajstić information content (AvgIpc) is 2.34. The van der Waals surface area contributed by atoms with Gasteiger partial charge in [-0.15, -0.1) is 0 Å². The summed E-state index contributed by atoms with van der Waals surface area (Å²) in [5, 5.41) is 0. The lowest BCUT2D eigenvalue weighted by atomic mass is 9.66. The van der Waals surface area contributed by atoms with Gasteiger partial charge in [-0.2, -0.15) is 0 Å². The molecule has 1 aliphatic rings. The normalized spacial score (nSPS) is 19.6. The van der Waals surface area contributed by atoms with Gasteiger partial charge >= 0.3 is 6.09 Å². The summed E-state index contributed by atoms with van der Waals surface area (Å²) in [6.45, 7) is 13.1. The maximum Gasteiger partial charge on any atom is 0.415 e. The molecule has 0 unspecified atom stereocenters. The number of anilines is 1. The van der Waals surface area contributed by atoms with Crippen molar-refractivity contribution in [1.82, 2.24) is 0 Å². The summed E-state index contributed by atoms with van der Waals surface area (Å²) in [6.07, 6.45) is -0.425. The molecule has 0 saturated heterocycles. The zero-order chi connectivity index (χ0) is 16.9. The minimum absolute atomic E-state index is 0.0490. The van der Waals surface area contributed by atoms with Crippen molar-refractivity contribution in [2.24, 2.45) is 5.41 Å². The molecule has 0 saturated carbocycles. The van der Waals surface area contributed by atoms with Gasteiger partial charge in [0.15, 0.2) is 5.78 Å². The van der Waals surface area contributed by atoms with Gasteiger partial charge in [0, 0.05) is 5.56 Å². The molecule has 2 rings (SSSR count). The highest BCUT2D eigenvalue weighted by atomic mass is 16.6. The summed E-state index contributed by atoms with van der Waals surface area (Å²) < 4.78 is 5.57. The first-order valence-electron chi connectivity index (χ1n) is 7.56. The zero-order valence-electron chi connectivity index (χ0n) is 14.5. The van der Waals surface area contributed by atoms with Crippen molar-refractivity contribution >= 4 is 17.6 Å². The minimum Gasteiger partial charge on any atom is -0.443 e. The highest BCUT2D eigenvalue weighted by Crippen LogP contribution is 2.47. The molecule has 1 heterocycles. The van der Waals surface area contributed by atoms with Crippen LogP contribution in [-0.4, -0.2) is 23.0 Å². The van der Waals surface area contributed by atoms with Crippen molar-refractivity contribution in [1.29, 1.82) is 0 Å². The molecule has 1 aliphatic heterocycles. The Kier molecular flexibility index (Phi) is 3.63. The van der Waals surface area contributed by atoms with Gasteiger partial charge in [-0.3, -0.25) is 9.69 Å². The summed E-state index contributed by atoms with van der Waals surface area (Å²) in [7, 11) is 0. The Morgan fingerprint density at radius 1 is 1.09 bits per heavy atom. The first kappa shape index (κ1) is 16.5. The summed E-state index contributed by atoms with van der Waals surface area (Å²) in [4.78, 5) is 27.2. The lowest BCUT2D eigenvalue weighted by Gasteiger charge is -2.51. The molecule has 0 fully saturated rings. The number of ether oxygens (including phenoxy) is 1. The molecule has 1 aromatic carbocycles. The van der Waals surface area contributed by atoms with Crippen LogP contribution in [-0.2, 0) is 4.74 Å². The monoisotopic (exact) mass is 303 g/mol. The van der Waals surface area contributed by atoms with Gasteiger partial charge in [0.05, 0.1) is 16.6 Å². The number of benzene rings is 1. The van der Waals surface area contributed by atoms with Crippen LogP contribution in [0.5, 0.6) is 0 Å². The fraction of sp³-hybridized carbons (Fsp3) is 0.556. The largest absolute Gasteiger partial charge is 0.443 e. The maximum absolute atomic E-state index is 12.8. The van der Waals surface area contributed by atoms with Gasteiger partial charge in [-0.05, 0) is 46.8 Å². The SMILES string of the molecule is CC(C)(C)OC(=O)N1c2ccccc2C(=O)C(C)(C)C1(C)C. The van der Waals surface area contributed by atoms with Crippen molar-refractivity contribution in [3.63, 3.8) is 0 Å². The van der Waals surface area contributed by atoms with Crippen molar-refractivity contribution in [3.8, 4) is 0 Å². The number of para-hydroxylation sites is 1. The number of nitrogens with zero attached hydrogens (tertiary/aromatic N) is 1. The van der Waals surface area contributed by atoms with E-state index in [-0.39, 0.29) is 5.78 Å². The highest BCUT2D eigenvalue weighted by molar-refractivity contribution is 6.11. The average molecular weight is 303 g/mol. The standard InChI is InChI=1S/C18H25NO3/c1-16(2,3)22-15(21)19-13-11-9-8-10-12(13)14(20)17(4,5)18(19,6)7/h8-11H,1-7H3. The first-order valence-corrected chi connectivity index (χ1v) is 7.56. The van der Waals surface area contributed by atoms with Gasteiger partial charge in [0.25, 0.3) is 0 Å². The predicted molar refractivity (Wildman–Crippen MR) is 87.3 cm³/mol. The van der Waals surface area contributed by atoms with E-state index in [1.54, 1.807) is 17.0 Å². The van der Waals surface area contributed by atoms with Crippen LogP contribution in [0.4, 0.5) is 10.5 Å². The van der Waals surface area contributed by atoms with Gasteiger partial charge in [-0.25, -0.2) is 4.79 Å². The van der Waals surface area contributed by atoms with E-state index in [0.717, 1.165) is 0 Å². The van der Waals surface area contributed by atoms with E-state index in [1.807, 2.05) is 60.6 Å². The van der Waals surface area contributed by atoms with Crippen molar-refractivity contribution in [3.05, 3.63) is 29.8 Å². The third kappa shape index (κ3) is 2.40. The fourth-order valence-corrected chi connectivity index (χ4v) is 2.69. The number of rotatable bonds is 0. The van der Waals surface area contributed by atoms with Crippen LogP contribution < -0.4 is 4.90 Å². The molecular weight excluding hydrogens is 278 g/mol. The molecule has 0 radical (unpaired) electrons. The molecule has 120 valence electrons. The summed E-state index contributed by atoms with van der Waals surface area (Å²) in [6, 6.07) is 7.22. The Balaban J connectivity index is 2.62. The molecule has 0 atom stereocenters. The molecule has 4 nitrogen and oxygen atoms in total. The van der Waals surface area contributed by atoms with Crippen LogP contribution in [0.15, 0.2) is 24.3 Å². The third-order valence-electron chi connectivity index (χ3n) is 4.62. The molecule has 4 heteroatoms. The highest BCUT2D eigenvalue weighted by Gasteiger charge is 2.54. The van der Waals surface area contributed by atoms with E-state index in [1.165, 1.54) is 0 Å².